The highest BCUT2D eigenvalue weighted by molar-refractivity contribution is 14.0. The maximum Gasteiger partial charge on any atom is 0.191 e. The van der Waals surface area contributed by atoms with Crippen LogP contribution in [0.3, 0.4) is 0 Å². The highest BCUT2D eigenvalue weighted by Gasteiger charge is 2.17. The summed E-state index contributed by atoms with van der Waals surface area (Å²) >= 11 is 1.74. The number of rotatable bonds is 6. The van der Waals surface area contributed by atoms with E-state index in [0.717, 1.165) is 6.07 Å². The van der Waals surface area contributed by atoms with Crippen molar-refractivity contribution < 1.29 is 8.78 Å². The van der Waals surface area contributed by atoms with Gasteiger partial charge in [0.2, 0.25) is 0 Å². The lowest BCUT2D eigenvalue weighted by molar-refractivity contribution is 0.550. The van der Waals surface area contributed by atoms with Crippen molar-refractivity contribution in [2.75, 3.05) is 19.3 Å². The van der Waals surface area contributed by atoms with Gasteiger partial charge in [0, 0.05) is 22.9 Å². The van der Waals surface area contributed by atoms with E-state index in [0.29, 0.717) is 24.6 Å². The van der Waals surface area contributed by atoms with Crippen LogP contribution in [0.4, 0.5) is 8.78 Å². The van der Waals surface area contributed by atoms with Crippen molar-refractivity contribution >= 4 is 41.7 Å². The maximum absolute atomic E-state index is 13.8. The molecule has 0 aromatic heterocycles. The van der Waals surface area contributed by atoms with Crippen molar-refractivity contribution in [1.29, 1.82) is 0 Å². The third-order valence-corrected chi connectivity index (χ3v) is 4.53. The number of nitrogens with one attached hydrogen (secondary N) is 2. The van der Waals surface area contributed by atoms with E-state index in [-0.39, 0.29) is 34.8 Å². The maximum atomic E-state index is 13.8. The number of hydrogen-bond donors (Lipinski definition) is 2. The van der Waals surface area contributed by atoms with Crippen LogP contribution in [0.2, 0.25) is 0 Å². The van der Waals surface area contributed by atoms with Gasteiger partial charge < -0.3 is 10.6 Å². The van der Waals surface area contributed by atoms with Gasteiger partial charge in [-0.1, -0.05) is 6.07 Å². The zero-order valence-corrected chi connectivity index (χ0v) is 17.4. The molecule has 2 N–H and O–H groups in total. The molecule has 1 rings (SSSR count). The molecule has 0 saturated carbocycles. The summed E-state index contributed by atoms with van der Waals surface area (Å²) in [6, 6.07) is 3.31. The molecule has 1 aromatic rings. The molecule has 0 radical (unpaired) electrons. The molecule has 0 bridgehead atoms. The van der Waals surface area contributed by atoms with Crippen LogP contribution in [-0.2, 0) is 0 Å². The minimum atomic E-state index is -0.573. The summed E-state index contributed by atoms with van der Waals surface area (Å²) in [5, 5.41) is 6.30. The summed E-state index contributed by atoms with van der Waals surface area (Å²) in [5.74, 6) is -0.503. The smallest absolute Gasteiger partial charge is 0.191 e. The SMILES string of the molecule is CCNC(=NCC(C)(C)SC)NC(C)c1ccc(F)cc1F.I. The van der Waals surface area contributed by atoms with Crippen molar-refractivity contribution in [1.82, 2.24) is 10.6 Å². The molecule has 3 nitrogen and oxygen atoms in total. The zero-order chi connectivity index (χ0) is 16.8. The number of guanidine groups is 1. The topological polar surface area (TPSA) is 36.4 Å². The molecule has 0 aliphatic carbocycles. The van der Waals surface area contributed by atoms with Gasteiger partial charge in [-0.3, -0.25) is 4.99 Å². The Morgan fingerprint density at radius 2 is 2.00 bits per heavy atom. The highest BCUT2D eigenvalue weighted by Crippen LogP contribution is 2.21. The first-order chi connectivity index (χ1) is 10.3. The van der Waals surface area contributed by atoms with Crippen molar-refractivity contribution in [2.24, 2.45) is 4.99 Å². The Bertz CT molecular complexity index is 524. The normalized spacial score (nSPS) is 13.3. The summed E-state index contributed by atoms with van der Waals surface area (Å²) < 4.78 is 26.8. The molecular weight excluding hydrogens is 431 g/mol. The fraction of sp³-hybridized carbons (Fsp3) is 0.562. The number of nitrogens with zero attached hydrogens (tertiary/aromatic N) is 1. The van der Waals surface area contributed by atoms with E-state index in [9.17, 15) is 8.78 Å². The summed E-state index contributed by atoms with van der Waals surface area (Å²) in [7, 11) is 0. The Hall–Kier alpha value is -0.570. The van der Waals surface area contributed by atoms with Gasteiger partial charge in [0.1, 0.15) is 11.6 Å². The number of halogens is 3. The standard InChI is InChI=1S/C16H25F2N3S.HI/c1-6-19-15(20-10-16(3,4)22-5)21-11(2)13-8-7-12(17)9-14(13)18;/h7-9,11H,6,10H2,1-5H3,(H2,19,20,21);1H. The second-order valence-electron chi connectivity index (χ2n) is 5.69. The molecule has 0 amide bonds. The van der Waals surface area contributed by atoms with Crippen LogP contribution >= 0.6 is 35.7 Å². The first kappa shape index (κ1) is 22.4. The van der Waals surface area contributed by atoms with Gasteiger partial charge in [0.15, 0.2) is 5.96 Å². The number of benzene rings is 1. The molecule has 1 unspecified atom stereocenters. The van der Waals surface area contributed by atoms with Crippen LogP contribution in [0, 0.1) is 11.6 Å². The Balaban J connectivity index is 0.00000484. The Labute approximate surface area is 159 Å². The van der Waals surface area contributed by atoms with E-state index < -0.39 is 11.6 Å². The molecular formula is C16H26F2IN3S. The van der Waals surface area contributed by atoms with Gasteiger partial charge in [0.05, 0.1) is 12.6 Å². The Kier molecular flexibility index (Phi) is 10.1. The van der Waals surface area contributed by atoms with Gasteiger partial charge in [-0.15, -0.1) is 24.0 Å². The van der Waals surface area contributed by atoms with Crippen LogP contribution in [0.5, 0.6) is 0 Å². The van der Waals surface area contributed by atoms with Gasteiger partial charge in [0.25, 0.3) is 0 Å². The average molecular weight is 457 g/mol. The van der Waals surface area contributed by atoms with E-state index in [1.807, 2.05) is 20.1 Å². The van der Waals surface area contributed by atoms with Crippen molar-refractivity contribution in [3.05, 3.63) is 35.4 Å². The first-order valence-corrected chi connectivity index (χ1v) is 8.56. The molecule has 0 heterocycles. The third-order valence-electron chi connectivity index (χ3n) is 3.30. The molecule has 0 aliphatic heterocycles. The largest absolute Gasteiger partial charge is 0.357 e. The van der Waals surface area contributed by atoms with E-state index in [1.165, 1.54) is 12.1 Å². The molecule has 1 aromatic carbocycles. The van der Waals surface area contributed by atoms with Crippen LogP contribution in [-0.4, -0.2) is 30.1 Å². The lowest BCUT2D eigenvalue weighted by atomic mass is 10.1. The molecule has 23 heavy (non-hydrogen) atoms. The van der Waals surface area contributed by atoms with Crippen LogP contribution < -0.4 is 10.6 Å². The molecule has 1 atom stereocenters. The quantitative estimate of drug-likeness (QED) is 0.379. The molecule has 0 aliphatic rings. The predicted molar refractivity (Wildman–Crippen MR) is 107 cm³/mol. The Morgan fingerprint density at radius 3 is 2.52 bits per heavy atom. The average Bonchev–Trinajstić information content (AvgIpc) is 2.45. The Morgan fingerprint density at radius 1 is 1.35 bits per heavy atom. The van der Waals surface area contributed by atoms with Crippen LogP contribution in [0.1, 0.15) is 39.3 Å². The van der Waals surface area contributed by atoms with Crippen molar-refractivity contribution in [3.63, 3.8) is 0 Å². The highest BCUT2D eigenvalue weighted by atomic mass is 127. The first-order valence-electron chi connectivity index (χ1n) is 7.34. The zero-order valence-electron chi connectivity index (χ0n) is 14.2. The molecule has 132 valence electrons. The van der Waals surface area contributed by atoms with E-state index in [4.69, 9.17) is 0 Å². The summed E-state index contributed by atoms with van der Waals surface area (Å²) in [4.78, 5) is 4.55. The molecule has 0 spiro atoms. The summed E-state index contributed by atoms with van der Waals surface area (Å²) in [5.41, 5.74) is 0.413. The third kappa shape index (κ3) is 7.69. The molecule has 0 fully saturated rings. The van der Waals surface area contributed by atoms with Crippen LogP contribution in [0.25, 0.3) is 0 Å². The predicted octanol–water partition coefficient (Wildman–Crippen LogP) is 4.34. The lowest BCUT2D eigenvalue weighted by Crippen LogP contribution is -2.40. The number of thioether (sulfide) groups is 1. The minimum Gasteiger partial charge on any atom is -0.357 e. The number of aliphatic imine (C=N–C) groups is 1. The number of hydrogen-bond acceptors (Lipinski definition) is 2. The van der Waals surface area contributed by atoms with Crippen molar-refractivity contribution in [2.45, 2.75) is 38.5 Å². The van der Waals surface area contributed by atoms with E-state index >= 15 is 0 Å². The van der Waals surface area contributed by atoms with Crippen LogP contribution in [0.15, 0.2) is 23.2 Å². The fourth-order valence-corrected chi connectivity index (χ4v) is 1.98. The molecule has 0 saturated heterocycles. The lowest BCUT2D eigenvalue weighted by Gasteiger charge is -2.22. The second-order valence-corrected chi connectivity index (χ2v) is 7.20. The van der Waals surface area contributed by atoms with E-state index in [1.54, 1.807) is 11.8 Å². The summed E-state index contributed by atoms with van der Waals surface area (Å²) in [6.45, 7) is 9.39. The second kappa shape index (κ2) is 10.3. The van der Waals surface area contributed by atoms with Gasteiger partial charge in [-0.2, -0.15) is 11.8 Å². The summed E-state index contributed by atoms with van der Waals surface area (Å²) in [6.07, 6.45) is 2.05. The monoisotopic (exact) mass is 457 g/mol. The van der Waals surface area contributed by atoms with Gasteiger partial charge >= 0.3 is 0 Å². The minimum absolute atomic E-state index is 0. The van der Waals surface area contributed by atoms with Gasteiger partial charge in [-0.25, -0.2) is 8.78 Å². The fourth-order valence-electron chi connectivity index (χ4n) is 1.79. The van der Waals surface area contributed by atoms with Gasteiger partial charge in [-0.05, 0) is 40.0 Å². The van der Waals surface area contributed by atoms with Crippen molar-refractivity contribution in [3.8, 4) is 0 Å². The van der Waals surface area contributed by atoms with E-state index in [2.05, 4.69) is 29.5 Å². The molecule has 7 heteroatoms.